The lowest BCUT2D eigenvalue weighted by molar-refractivity contribution is 0.976. The van der Waals surface area contributed by atoms with Gasteiger partial charge >= 0.3 is 0 Å². The van der Waals surface area contributed by atoms with E-state index in [1.165, 1.54) is 6.42 Å². The Kier molecular flexibility index (Phi) is 24.1. The van der Waals surface area contributed by atoms with E-state index in [0.29, 0.717) is 13.1 Å². The van der Waals surface area contributed by atoms with E-state index in [-0.39, 0.29) is 0 Å². The first-order valence-electron chi connectivity index (χ1n) is 2.73. The Bertz CT molecular complexity index is 13.6. The second kappa shape index (κ2) is 16.8. The van der Waals surface area contributed by atoms with Gasteiger partial charge in [0.1, 0.15) is 0 Å². The molecule has 0 aromatic rings. The Morgan fingerprint density at radius 2 is 1.14 bits per heavy atom. The highest BCUT2D eigenvalue weighted by molar-refractivity contribution is 4.26. The third kappa shape index (κ3) is 107. The maximum atomic E-state index is 4.90. The molecule has 0 atom stereocenters. The highest BCUT2D eigenvalue weighted by Crippen LogP contribution is 1.56. The highest BCUT2D eigenvalue weighted by Gasteiger charge is 1.54. The van der Waals surface area contributed by atoms with Gasteiger partial charge in [-0.3, -0.25) is 0 Å². The molecule has 0 saturated heterocycles. The van der Waals surface area contributed by atoms with Crippen molar-refractivity contribution in [3.63, 3.8) is 0 Å². The van der Waals surface area contributed by atoms with E-state index >= 15 is 0 Å². The third-order valence-corrected chi connectivity index (χ3v) is 0.167. The maximum absolute atomic E-state index is 4.90. The van der Waals surface area contributed by atoms with Crippen LogP contribution in [0.1, 0.15) is 20.3 Å². The molecule has 0 aromatic carbocycles. The molecule has 0 spiro atoms. The van der Waals surface area contributed by atoms with Crippen LogP contribution in [0.4, 0.5) is 0 Å². The minimum atomic E-state index is 0.597. The van der Waals surface area contributed by atoms with Gasteiger partial charge in [-0.05, 0) is 0 Å². The third-order valence-electron chi connectivity index (χ3n) is 0.167. The molecule has 7 heavy (non-hydrogen) atoms. The van der Waals surface area contributed by atoms with Crippen molar-refractivity contribution in [2.45, 2.75) is 20.3 Å². The Hall–Kier alpha value is -0.0800. The average Bonchev–Trinajstić information content (AvgIpc) is 1.69. The van der Waals surface area contributed by atoms with Crippen molar-refractivity contribution >= 4 is 0 Å². The van der Waals surface area contributed by atoms with Gasteiger partial charge in [-0.2, -0.15) is 0 Å². The summed E-state index contributed by atoms with van der Waals surface area (Å²) in [6, 6.07) is 0. The second-order valence-electron chi connectivity index (χ2n) is 1.28. The summed E-state index contributed by atoms with van der Waals surface area (Å²) < 4.78 is 0. The lowest BCUT2D eigenvalue weighted by Crippen LogP contribution is -2.11. The van der Waals surface area contributed by atoms with Gasteiger partial charge < -0.3 is 11.5 Å². The molecule has 0 radical (unpaired) electrons. The van der Waals surface area contributed by atoms with E-state index in [1.54, 1.807) is 0 Å². The van der Waals surface area contributed by atoms with Gasteiger partial charge in [0.2, 0.25) is 0 Å². The largest absolute Gasteiger partial charge is 0.329 e. The molecule has 0 rings (SSSR count). The smallest absolute Gasteiger partial charge is 0.00461 e. The molecular formula is C5H16N2. The molecule has 0 amide bonds. The minimum Gasteiger partial charge on any atom is -0.329 e. The normalized spacial score (nSPS) is 6.86. The van der Waals surface area contributed by atoms with Crippen molar-refractivity contribution in [1.82, 2.24) is 0 Å². The fourth-order valence-corrected chi connectivity index (χ4v) is 0. The summed E-state index contributed by atoms with van der Waals surface area (Å²) in [5, 5.41) is 0. The fourth-order valence-electron chi connectivity index (χ4n) is 0. The molecule has 0 fully saturated rings. The number of rotatable bonds is 1. The number of hydrogen-bond donors (Lipinski definition) is 2. The van der Waals surface area contributed by atoms with Gasteiger partial charge in [-0.25, -0.2) is 0 Å². The summed E-state index contributed by atoms with van der Waals surface area (Å²) in [6.07, 6.45) is 1.25. The van der Waals surface area contributed by atoms with Gasteiger partial charge in [-0.1, -0.05) is 20.3 Å². The van der Waals surface area contributed by atoms with E-state index < -0.39 is 0 Å². The molecule has 0 aromatic heterocycles. The Labute approximate surface area is 45.9 Å². The molecule has 0 aliphatic rings. The van der Waals surface area contributed by atoms with Crippen molar-refractivity contribution in [2.75, 3.05) is 13.1 Å². The molecule has 0 aliphatic heterocycles. The Morgan fingerprint density at radius 1 is 1.00 bits per heavy atom. The van der Waals surface area contributed by atoms with Gasteiger partial charge in [-0.15, -0.1) is 0 Å². The van der Waals surface area contributed by atoms with Crippen LogP contribution in [0.25, 0.3) is 0 Å². The first-order chi connectivity index (χ1) is 3.33. The molecule has 0 heterocycles. The average molecular weight is 104 g/mol. The Balaban J connectivity index is 0. The van der Waals surface area contributed by atoms with Crippen LogP contribution < -0.4 is 11.5 Å². The van der Waals surface area contributed by atoms with Crippen LogP contribution in [0.3, 0.4) is 0 Å². The lowest BCUT2D eigenvalue weighted by Gasteiger charge is -1.72. The summed E-state index contributed by atoms with van der Waals surface area (Å²) in [5.41, 5.74) is 9.81. The first-order valence-corrected chi connectivity index (χ1v) is 2.73. The zero-order valence-electron chi connectivity index (χ0n) is 5.28. The van der Waals surface area contributed by atoms with E-state index in [1.807, 2.05) is 0 Å². The van der Waals surface area contributed by atoms with Crippen molar-refractivity contribution < 1.29 is 0 Å². The van der Waals surface area contributed by atoms with Crippen molar-refractivity contribution in [2.24, 2.45) is 11.5 Å². The molecule has 4 N–H and O–H groups in total. The molecule has 0 saturated carbocycles. The van der Waals surface area contributed by atoms with E-state index in [2.05, 4.69) is 13.8 Å². The molecule has 2 heteroatoms. The van der Waals surface area contributed by atoms with Crippen molar-refractivity contribution in [3.05, 3.63) is 0 Å². The second-order valence-corrected chi connectivity index (χ2v) is 1.28. The van der Waals surface area contributed by atoms with Crippen LogP contribution in [0.2, 0.25) is 0 Å². The molecule has 0 unspecified atom stereocenters. The van der Waals surface area contributed by atoms with Crippen LogP contribution in [0, 0.1) is 0 Å². The molecule has 2 nitrogen and oxygen atoms in total. The van der Waals surface area contributed by atoms with E-state index in [0.717, 1.165) is 0 Å². The summed E-state index contributed by atoms with van der Waals surface area (Å²) in [4.78, 5) is 0. The Morgan fingerprint density at radius 3 is 1.14 bits per heavy atom. The predicted octanol–water partition coefficient (Wildman–Crippen LogP) is 0.320. The predicted molar refractivity (Wildman–Crippen MR) is 34.1 cm³/mol. The van der Waals surface area contributed by atoms with E-state index in [4.69, 9.17) is 11.5 Å². The standard InChI is InChI=1S/C3H8.C2H8N2/c1-3-2;3-1-2-4/h3H2,1-2H3;1-4H2. The van der Waals surface area contributed by atoms with Crippen molar-refractivity contribution in [1.29, 1.82) is 0 Å². The quantitative estimate of drug-likeness (QED) is 0.503. The van der Waals surface area contributed by atoms with Crippen LogP contribution in [-0.2, 0) is 0 Å². The molecule has 0 aliphatic carbocycles. The summed E-state index contributed by atoms with van der Waals surface area (Å²) >= 11 is 0. The fraction of sp³-hybridized carbons (Fsp3) is 1.00. The van der Waals surface area contributed by atoms with E-state index in [9.17, 15) is 0 Å². The monoisotopic (exact) mass is 104 g/mol. The van der Waals surface area contributed by atoms with Gasteiger partial charge in [0, 0.05) is 13.1 Å². The molecular weight excluding hydrogens is 88.1 g/mol. The van der Waals surface area contributed by atoms with Gasteiger partial charge in [0.25, 0.3) is 0 Å². The van der Waals surface area contributed by atoms with Crippen molar-refractivity contribution in [3.8, 4) is 0 Å². The molecule has 46 valence electrons. The van der Waals surface area contributed by atoms with Crippen LogP contribution in [-0.4, -0.2) is 13.1 Å². The summed E-state index contributed by atoms with van der Waals surface area (Å²) in [7, 11) is 0. The van der Waals surface area contributed by atoms with Crippen LogP contribution in [0.15, 0.2) is 0 Å². The van der Waals surface area contributed by atoms with Crippen LogP contribution >= 0.6 is 0 Å². The summed E-state index contributed by atoms with van der Waals surface area (Å²) in [6.45, 7) is 5.44. The number of nitrogens with two attached hydrogens (primary N) is 2. The highest BCUT2D eigenvalue weighted by atomic mass is 14.6. The SMILES string of the molecule is CCC.NCCN. The summed E-state index contributed by atoms with van der Waals surface area (Å²) in [5.74, 6) is 0. The van der Waals surface area contributed by atoms with Crippen LogP contribution in [0.5, 0.6) is 0 Å². The first kappa shape index (κ1) is 10.0. The zero-order chi connectivity index (χ0) is 6.12. The topological polar surface area (TPSA) is 52.0 Å². The zero-order valence-corrected chi connectivity index (χ0v) is 5.28. The minimum absolute atomic E-state index is 0.597. The van der Waals surface area contributed by atoms with Gasteiger partial charge in [0.15, 0.2) is 0 Å². The lowest BCUT2D eigenvalue weighted by atomic mass is 10.6. The molecule has 0 bridgehead atoms. The van der Waals surface area contributed by atoms with Gasteiger partial charge in [0.05, 0.1) is 0 Å². The maximum Gasteiger partial charge on any atom is 0.00461 e. The number of hydrogen-bond acceptors (Lipinski definition) is 2.